The smallest absolute Gasteiger partial charge is 0.229 e. The van der Waals surface area contributed by atoms with Gasteiger partial charge in [-0.15, -0.1) is 0 Å². The van der Waals surface area contributed by atoms with E-state index in [9.17, 15) is 0 Å². The van der Waals surface area contributed by atoms with Gasteiger partial charge in [0.05, 0.1) is 26.0 Å². The van der Waals surface area contributed by atoms with E-state index in [1.165, 1.54) is 0 Å². The zero-order valence-corrected chi connectivity index (χ0v) is 13.0. The lowest BCUT2D eigenvalue weighted by Crippen LogP contribution is -2.36. The van der Waals surface area contributed by atoms with Crippen LogP contribution in [-0.2, 0) is 4.74 Å². The molecule has 1 N–H and O–H groups in total. The van der Waals surface area contributed by atoms with E-state index in [-0.39, 0.29) is 0 Å². The lowest BCUT2D eigenvalue weighted by Gasteiger charge is -2.27. The van der Waals surface area contributed by atoms with Gasteiger partial charge in [-0.25, -0.2) is 4.98 Å². The largest absolute Gasteiger partial charge is 0.495 e. The number of nitrogens with zero attached hydrogens (tertiary/aromatic N) is 3. The molecule has 0 aliphatic carbocycles. The lowest BCUT2D eigenvalue weighted by atomic mass is 10.3. The van der Waals surface area contributed by atoms with Crippen molar-refractivity contribution in [3.63, 3.8) is 0 Å². The maximum absolute atomic E-state index is 6.03. The van der Waals surface area contributed by atoms with Crippen LogP contribution in [0.4, 0.5) is 17.5 Å². The van der Waals surface area contributed by atoms with Crippen molar-refractivity contribution < 1.29 is 9.47 Å². The number of anilines is 3. The predicted octanol–water partition coefficient (Wildman–Crippen LogP) is 2.72. The number of morpholine rings is 1. The molecule has 2 heterocycles. The Balaban J connectivity index is 1.82. The number of rotatable bonds is 4. The number of nitrogens with one attached hydrogen (secondary N) is 1. The van der Waals surface area contributed by atoms with Crippen molar-refractivity contribution in [1.29, 1.82) is 0 Å². The topological polar surface area (TPSA) is 59.5 Å². The molecule has 0 unspecified atom stereocenters. The van der Waals surface area contributed by atoms with Crippen LogP contribution in [0.2, 0.25) is 5.02 Å². The third-order valence-corrected chi connectivity index (χ3v) is 3.62. The van der Waals surface area contributed by atoms with Gasteiger partial charge in [0.15, 0.2) is 0 Å². The minimum atomic E-state index is 0.504. The summed E-state index contributed by atoms with van der Waals surface area (Å²) < 4.78 is 10.7. The maximum Gasteiger partial charge on any atom is 0.229 e. The molecule has 1 aromatic heterocycles. The number of hydrogen-bond donors (Lipinski definition) is 1. The summed E-state index contributed by atoms with van der Waals surface area (Å²) in [6.45, 7) is 3.09. The van der Waals surface area contributed by atoms with Crippen molar-refractivity contribution in [2.75, 3.05) is 43.6 Å². The molecule has 1 saturated heterocycles. The average Bonchev–Trinajstić information content (AvgIpc) is 2.56. The summed E-state index contributed by atoms with van der Waals surface area (Å²) in [5, 5.41) is 3.77. The molecule has 1 fully saturated rings. The van der Waals surface area contributed by atoms with Crippen molar-refractivity contribution in [1.82, 2.24) is 9.97 Å². The van der Waals surface area contributed by atoms with Crippen LogP contribution in [0, 0.1) is 0 Å². The minimum Gasteiger partial charge on any atom is -0.495 e. The Morgan fingerprint density at radius 2 is 2.09 bits per heavy atom. The Morgan fingerprint density at radius 1 is 1.27 bits per heavy atom. The summed E-state index contributed by atoms with van der Waals surface area (Å²) in [4.78, 5) is 11.0. The van der Waals surface area contributed by atoms with Gasteiger partial charge in [0.2, 0.25) is 5.95 Å². The first-order valence-corrected chi connectivity index (χ1v) is 7.40. The third kappa shape index (κ3) is 3.40. The third-order valence-electron chi connectivity index (χ3n) is 3.38. The summed E-state index contributed by atoms with van der Waals surface area (Å²) in [5.74, 6) is 2.07. The van der Waals surface area contributed by atoms with E-state index in [1.807, 2.05) is 6.07 Å². The second-order valence-electron chi connectivity index (χ2n) is 4.81. The highest BCUT2D eigenvalue weighted by atomic mass is 35.5. The SMILES string of the molecule is COc1ccc(Cl)cc1Nc1nccc(N2CCOCC2)n1. The molecule has 7 heteroatoms. The van der Waals surface area contributed by atoms with Gasteiger partial charge >= 0.3 is 0 Å². The Bertz CT molecular complexity index is 647. The van der Waals surface area contributed by atoms with Crippen LogP contribution in [0.5, 0.6) is 5.75 Å². The van der Waals surface area contributed by atoms with Crippen LogP contribution in [0.15, 0.2) is 30.5 Å². The fourth-order valence-corrected chi connectivity index (χ4v) is 2.45. The molecule has 1 aliphatic heterocycles. The number of hydrogen-bond acceptors (Lipinski definition) is 6. The number of halogens is 1. The highest BCUT2D eigenvalue weighted by molar-refractivity contribution is 6.30. The highest BCUT2D eigenvalue weighted by Crippen LogP contribution is 2.29. The molecule has 0 radical (unpaired) electrons. The normalized spacial score (nSPS) is 14.7. The van der Waals surface area contributed by atoms with Crippen LogP contribution >= 0.6 is 11.6 Å². The van der Waals surface area contributed by atoms with Gasteiger partial charge in [-0.1, -0.05) is 11.6 Å². The quantitative estimate of drug-likeness (QED) is 0.934. The summed E-state index contributed by atoms with van der Waals surface area (Å²) in [5.41, 5.74) is 0.731. The molecule has 0 bridgehead atoms. The number of methoxy groups -OCH3 is 1. The Hall–Kier alpha value is -2.05. The molecule has 0 saturated carbocycles. The molecule has 1 aromatic carbocycles. The van der Waals surface area contributed by atoms with Crippen LogP contribution in [0.3, 0.4) is 0 Å². The van der Waals surface area contributed by atoms with E-state index in [2.05, 4.69) is 20.2 Å². The van der Waals surface area contributed by atoms with Gasteiger partial charge in [0.1, 0.15) is 11.6 Å². The first-order valence-electron chi connectivity index (χ1n) is 7.02. The van der Waals surface area contributed by atoms with Crippen molar-refractivity contribution in [3.8, 4) is 5.75 Å². The van der Waals surface area contributed by atoms with E-state index < -0.39 is 0 Å². The van der Waals surface area contributed by atoms with E-state index in [4.69, 9.17) is 21.1 Å². The highest BCUT2D eigenvalue weighted by Gasteiger charge is 2.13. The molecule has 2 aromatic rings. The van der Waals surface area contributed by atoms with Gasteiger partial charge in [0.25, 0.3) is 0 Å². The van der Waals surface area contributed by atoms with E-state index in [1.54, 1.807) is 31.5 Å². The minimum absolute atomic E-state index is 0.504. The van der Waals surface area contributed by atoms with Crippen molar-refractivity contribution >= 4 is 29.1 Å². The van der Waals surface area contributed by atoms with Gasteiger partial charge in [0, 0.05) is 24.3 Å². The second-order valence-corrected chi connectivity index (χ2v) is 5.24. The van der Waals surface area contributed by atoms with Crippen LogP contribution in [0.25, 0.3) is 0 Å². The summed E-state index contributed by atoms with van der Waals surface area (Å²) in [6.07, 6.45) is 1.73. The van der Waals surface area contributed by atoms with Gasteiger partial charge in [-0.3, -0.25) is 0 Å². The monoisotopic (exact) mass is 320 g/mol. The standard InChI is InChI=1S/C15H17ClN4O2/c1-21-13-3-2-11(16)10-12(13)18-15-17-5-4-14(19-15)20-6-8-22-9-7-20/h2-5,10H,6-9H2,1H3,(H,17,18,19). The molecular formula is C15H17ClN4O2. The second kappa shape index (κ2) is 6.81. The van der Waals surface area contributed by atoms with Crippen molar-refractivity contribution in [2.24, 2.45) is 0 Å². The van der Waals surface area contributed by atoms with Crippen LogP contribution in [0.1, 0.15) is 0 Å². The molecule has 0 amide bonds. The zero-order valence-electron chi connectivity index (χ0n) is 12.3. The van der Waals surface area contributed by atoms with E-state index >= 15 is 0 Å². The number of aromatic nitrogens is 2. The first kappa shape index (κ1) is 14.9. The summed E-state index contributed by atoms with van der Waals surface area (Å²) in [7, 11) is 1.61. The molecule has 0 spiro atoms. The van der Waals surface area contributed by atoms with Gasteiger partial charge in [-0.05, 0) is 24.3 Å². The predicted molar refractivity (Wildman–Crippen MR) is 86.4 cm³/mol. The van der Waals surface area contributed by atoms with E-state index in [0.29, 0.717) is 16.7 Å². The molecule has 22 heavy (non-hydrogen) atoms. The molecule has 0 atom stereocenters. The number of ether oxygens (including phenoxy) is 2. The number of benzene rings is 1. The molecule has 6 nitrogen and oxygen atoms in total. The van der Waals surface area contributed by atoms with Gasteiger partial charge < -0.3 is 19.7 Å². The molecule has 1 aliphatic rings. The molecule has 116 valence electrons. The van der Waals surface area contributed by atoms with Crippen LogP contribution in [-0.4, -0.2) is 43.4 Å². The Labute approximate surface area is 134 Å². The fraction of sp³-hybridized carbons (Fsp3) is 0.333. The molecular weight excluding hydrogens is 304 g/mol. The van der Waals surface area contributed by atoms with Gasteiger partial charge in [-0.2, -0.15) is 4.98 Å². The van der Waals surface area contributed by atoms with Crippen molar-refractivity contribution in [2.45, 2.75) is 0 Å². The first-order chi connectivity index (χ1) is 10.8. The Kier molecular flexibility index (Phi) is 4.60. The fourth-order valence-electron chi connectivity index (χ4n) is 2.28. The Morgan fingerprint density at radius 3 is 2.86 bits per heavy atom. The summed E-state index contributed by atoms with van der Waals surface area (Å²) >= 11 is 6.03. The van der Waals surface area contributed by atoms with Crippen molar-refractivity contribution in [3.05, 3.63) is 35.5 Å². The molecule has 3 rings (SSSR count). The maximum atomic E-state index is 6.03. The van der Waals surface area contributed by atoms with Crippen LogP contribution < -0.4 is 15.0 Å². The summed E-state index contributed by atoms with van der Waals surface area (Å²) in [6, 6.07) is 7.25. The zero-order chi connectivity index (χ0) is 15.4. The lowest BCUT2D eigenvalue weighted by molar-refractivity contribution is 0.122. The average molecular weight is 321 g/mol. The van der Waals surface area contributed by atoms with E-state index in [0.717, 1.165) is 37.8 Å².